The summed E-state index contributed by atoms with van der Waals surface area (Å²) in [4.78, 5) is 28.5. The molecular weight excluding hydrogens is 387 g/mol. The predicted molar refractivity (Wildman–Crippen MR) is 107 cm³/mol. The van der Waals surface area contributed by atoms with Crippen LogP contribution in [0.3, 0.4) is 0 Å². The Hall–Kier alpha value is -3.03. The first-order valence-electron chi connectivity index (χ1n) is 10.1. The molecule has 4 rings (SSSR count). The Morgan fingerprint density at radius 2 is 1.97 bits per heavy atom. The summed E-state index contributed by atoms with van der Waals surface area (Å²) < 4.78 is 19.1. The minimum Gasteiger partial charge on any atom is -0.339 e. The number of hydrogen-bond donors (Lipinski definition) is 0. The third-order valence-corrected chi connectivity index (χ3v) is 6.34. The average molecular weight is 412 g/mol. The van der Waals surface area contributed by atoms with Crippen LogP contribution in [-0.4, -0.2) is 52.1 Å². The summed E-state index contributed by atoms with van der Waals surface area (Å²) in [5, 5.41) is 7.57. The van der Waals surface area contributed by atoms with E-state index in [9.17, 15) is 14.0 Å². The van der Waals surface area contributed by atoms with Crippen LogP contribution >= 0.6 is 0 Å². The number of rotatable bonds is 5. The quantitative estimate of drug-likeness (QED) is 0.706. The molecule has 8 heteroatoms. The van der Waals surface area contributed by atoms with Gasteiger partial charge in [0, 0.05) is 26.1 Å². The Bertz CT molecular complexity index is 964. The lowest BCUT2D eigenvalue weighted by molar-refractivity contribution is -0.133. The van der Waals surface area contributed by atoms with E-state index in [4.69, 9.17) is 4.63 Å². The first-order chi connectivity index (χ1) is 14.4. The summed E-state index contributed by atoms with van der Waals surface area (Å²) in [6, 6.07) is 8.96. The first-order valence-corrected chi connectivity index (χ1v) is 10.1. The molecular formula is C22H25FN4O3. The van der Waals surface area contributed by atoms with Crippen molar-refractivity contribution in [3.63, 3.8) is 0 Å². The molecule has 1 aromatic heterocycles. The van der Waals surface area contributed by atoms with Crippen molar-refractivity contribution in [2.45, 2.75) is 32.7 Å². The summed E-state index contributed by atoms with van der Waals surface area (Å²) in [6.07, 6.45) is 3.51. The molecule has 0 bridgehead atoms. The monoisotopic (exact) mass is 412 g/mol. The van der Waals surface area contributed by atoms with Crippen LogP contribution in [0.15, 0.2) is 40.8 Å². The van der Waals surface area contributed by atoms with Gasteiger partial charge in [-0.2, -0.15) is 0 Å². The molecule has 158 valence electrons. The van der Waals surface area contributed by atoms with Crippen LogP contribution in [0.4, 0.5) is 4.39 Å². The van der Waals surface area contributed by atoms with E-state index < -0.39 is 11.7 Å². The van der Waals surface area contributed by atoms with Gasteiger partial charge in [-0.15, -0.1) is 0 Å². The Morgan fingerprint density at radius 1 is 1.27 bits per heavy atom. The number of hydrogen-bond acceptors (Lipinski definition) is 5. The van der Waals surface area contributed by atoms with Crippen LogP contribution in [0.2, 0.25) is 0 Å². The van der Waals surface area contributed by atoms with E-state index in [1.54, 1.807) is 48.0 Å². The molecule has 2 fully saturated rings. The summed E-state index contributed by atoms with van der Waals surface area (Å²) in [5.74, 6) is -1.31. The second-order valence-electron chi connectivity index (χ2n) is 8.30. The summed E-state index contributed by atoms with van der Waals surface area (Å²) in [6.45, 7) is 3.09. The standard InChI is InChI=1S/C22H25FN4O3/c1-15-19(25-30-24-15)14-26(2)20(28)17-13-22(17)8-10-27(11-9-22)21(29)18(23)12-16-6-4-3-5-7-16/h3-7,12,17H,8-11,13-14H2,1-2H3. The van der Waals surface area contributed by atoms with E-state index in [2.05, 4.69) is 10.3 Å². The number of aromatic nitrogens is 2. The maximum Gasteiger partial charge on any atom is 0.282 e. The number of carbonyl (C=O) groups is 2. The Kier molecular flexibility index (Phi) is 5.40. The molecule has 1 aliphatic heterocycles. The van der Waals surface area contributed by atoms with Gasteiger partial charge in [0.2, 0.25) is 5.91 Å². The normalized spacial score (nSPS) is 20.3. The van der Waals surface area contributed by atoms with Crippen LogP contribution < -0.4 is 0 Å². The smallest absolute Gasteiger partial charge is 0.282 e. The number of carbonyl (C=O) groups excluding carboxylic acids is 2. The van der Waals surface area contributed by atoms with Crippen molar-refractivity contribution in [1.29, 1.82) is 0 Å². The third kappa shape index (κ3) is 3.99. The lowest BCUT2D eigenvalue weighted by Gasteiger charge is -2.32. The van der Waals surface area contributed by atoms with Gasteiger partial charge in [0.25, 0.3) is 5.91 Å². The lowest BCUT2D eigenvalue weighted by Crippen LogP contribution is -2.41. The molecule has 1 spiro atoms. The molecule has 1 atom stereocenters. The zero-order chi connectivity index (χ0) is 21.3. The number of piperidine rings is 1. The lowest BCUT2D eigenvalue weighted by atomic mass is 9.90. The van der Waals surface area contributed by atoms with Gasteiger partial charge >= 0.3 is 0 Å². The van der Waals surface area contributed by atoms with Crippen molar-refractivity contribution in [1.82, 2.24) is 20.1 Å². The number of aryl methyl sites for hydroxylation is 1. The largest absolute Gasteiger partial charge is 0.339 e. The highest BCUT2D eigenvalue weighted by molar-refractivity contribution is 5.95. The molecule has 1 aliphatic carbocycles. The minimum atomic E-state index is -0.753. The molecule has 1 unspecified atom stereocenters. The number of amides is 2. The van der Waals surface area contributed by atoms with Gasteiger partial charge in [-0.3, -0.25) is 9.59 Å². The molecule has 1 aromatic carbocycles. The molecule has 1 saturated heterocycles. The average Bonchev–Trinajstić information content (AvgIpc) is 3.30. The number of benzene rings is 1. The highest BCUT2D eigenvalue weighted by Crippen LogP contribution is 2.60. The predicted octanol–water partition coefficient (Wildman–Crippen LogP) is 2.98. The van der Waals surface area contributed by atoms with Crippen LogP contribution in [-0.2, 0) is 16.1 Å². The van der Waals surface area contributed by atoms with Crippen molar-refractivity contribution in [2.75, 3.05) is 20.1 Å². The minimum absolute atomic E-state index is 0.0513. The fourth-order valence-electron chi connectivity index (χ4n) is 4.27. The Labute approximate surface area is 174 Å². The van der Waals surface area contributed by atoms with Crippen LogP contribution in [0.25, 0.3) is 6.08 Å². The maximum absolute atomic E-state index is 14.4. The topological polar surface area (TPSA) is 79.5 Å². The van der Waals surface area contributed by atoms with E-state index in [-0.39, 0.29) is 17.2 Å². The number of halogens is 1. The molecule has 0 radical (unpaired) electrons. The molecule has 2 amide bonds. The molecule has 2 heterocycles. The summed E-state index contributed by atoms with van der Waals surface area (Å²) >= 11 is 0. The zero-order valence-corrected chi connectivity index (χ0v) is 17.2. The first kappa shape index (κ1) is 20.3. The van der Waals surface area contributed by atoms with E-state index in [0.29, 0.717) is 49.4 Å². The Balaban J connectivity index is 1.31. The number of likely N-dealkylation sites (tertiary alicyclic amines) is 1. The summed E-state index contributed by atoms with van der Waals surface area (Å²) in [7, 11) is 1.75. The summed E-state index contributed by atoms with van der Waals surface area (Å²) in [5.41, 5.74) is 1.92. The van der Waals surface area contributed by atoms with Crippen LogP contribution in [0.1, 0.15) is 36.2 Å². The van der Waals surface area contributed by atoms with Gasteiger partial charge in [-0.1, -0.05) is 40.6 Å². The SMILES string of the molecule is Cc1nonc1CN(C)C(=O)C1CC12CCN(C(=O)C(F)=Cc1ccccc1)CC2. The fourth-order valence-corrected chi connectivity index (χ4v) is 4.27. The van der Waals surface area contributed by atoms with E-state index >= 15 is 0 Å². The van der Waals surface area contributed by atoms with Gasteiger partial charge in [0.1, 0.15) is 11.4 Å². The van der Waals surface area contributed by atoms with E-state index in [1.807, 2.05) is 6.07 Å². The molecule has 30 heavy (non-hydrogen) atoms. The van der Waals surface area contributed by atoms with Crippen molar-refractivity contribution >= 4 is 17.9 Å². The third-order valence-electron chi connectivity index (χ3n) is 6.34. The number of nitrogens with zero attached hydrogens (tertiary/aromatic N) is 4. The van der Waals surface area contributed by atoms with Crippen molar-refractivity contribution in [3.05, 3.63) is 53.1 Å². The molecule has 2 aromatic rings. The van der Waals surface area contributed by atoms with E-state index in [0.717, 1.165) is 6.42 Å². The van der Waals surface area contributed by atoms with Gasteiger partial charge < -0.3 is 9.80 Å². The van der Waals surface area contributed by atoms with Gasteiger partial charge in [-0.25, -0.2) is 9.02 Å². The van der Waals surface area contributed by atoms with Gasteiger partial charge in [0.15, 0.2) is 5.83 Å². The zero-order valence-electron chi connectivity index (χ0n) is 17.2. The fraction of sp³-hybridized carbons (Fsp3) is 0.455. The van der Waals surface area contributed by atoms with E-state index in [1.165, 1.54) is 6.08 Å². The highest BCUT2D eigenvalue weighted by Gasteiger charge is 2.59. The Morgan fingerprint density at radius 3 is 2.60 bits per heavy atom. The molecule has 7 nitrogen and oxygen atoms in total. The van der Waals surface area contributed by atoms with Gasteiger partial charge in [0.05, 0.1) is 6.54 Å². The highest BCUT2D eigenvalue weighted by atomic mass is 19.1. The van der Waals surface area contributed by atoms with Crippen molar-refractivity contribution < 1.29 is 18.6 Å². The van der Waals surface area contributed by atoms with Crippen LogP contribution in [0, 0.1) is 18.3 Å². The maximum atomic E-state index is 14.4. The van der Waals surface area contributed by atoms with Crippen LogP contribution in [0.5, 0.6) is 0 Å². The van der Waals surface area contributed by atoms with Gasteiger partial charge in [-0.05, 0) is 43.2 Å². The second kappa shape index (κ2) is 8.01. The molecule has 2 aliphatic rings. The molecule has 0 N–H and O–H groups in total. The molecule has 1 saturated carbocycles. The second-order valence-corrected chi connectivity index (χ2v) is 8.30. The van der Waals surface area contributed by atoms with Crippen molar-refractivity contribution in [2.24, 2.45) is 11.3 Å². The van der Waals surface area contributed by atoms with Crippen molar-refractivity contribution in [3.8, 4) is 0 Å².